The predicted molar refractivity (Wildman–Crippen MR) is 77.7 cm³/mol. The Hall–Kier alpha value is -0.615. The molecule has 2 rings (SSSR count). The fourth-order valence-electron chi connectivity index (χ4n) is 1.99. The van der Waals surface area contributed by atoms with Gasteiger partial charge in [-0.25, -0.2) is 0 Å². The van der Waals surface area contributed by atoms with Gasteiger partial charge in [0, 0.05) is 23.3 Å². The summed E-state index contributed by atoms with van der Waals surface area (Å²) in [5.41, 5.74) is 0.919. The molecule has 0 atom stereocenters. The zero-order chi connectivity index (χ0) is 14.3. The quantitative estimate of drug-likeness (QED) is 0.858. The molecule has 0 saturated carbocycles. The van der Waals surface area contributed by atoms with Gasteiger partial charge in [-0.05, 0) is 40.8 Å². The highest BCUT2D eigenvalue weighted by Crippen LogP contribution is 2.36. The van der Waals surface area contributed by atoms with E-state index >= 15 is 0 Å². The van der Waals surface area contributed by atoms with Crippen LogP contribution in [0, 0.1) is 0 Å². The molecule has 0 amide bonds. The van der Waals surface area contributed by atoms with Crippen molar-refractivity contribution in [1.29, 1.82) is 0 Å². The number of aromatic nitrogens is 1. The van der Waals surface area contributed by atoms with Gasteiger partial charge < -0.3 is 14.6 Å². The molecule has 0 radical (unpaired) electrons. The molecule has 1 aromatic heterocycles. The number of hydrogen-bond acceptors (Lipinski definition) is 4. The summed E-state index contributed by atoms with van der Waals surface area (Å²) in [6, 6.07) is 1.78. The number of nitrogens with one attached hydrogen (secondary N) is 1. The standard InChI is InChI=1S/C13H20BClN2O2/c1-12(2)13(3,4)19-14(18-12)11-9(8-16-5)10(15)6-7-17-11/h6-7,16H,8H2,1-5H3. The second-order valence-corrected chi connectivity index (χ2v) is 6.18. The van der Waals surface area contributed by atoms with Crippen LogP contribution in [0.2, 0.25) is 5.02 Å². The van der Waals surface area contributed by atoms with Gasteiger partial charge in [-0.1, -0.05) is 11.6 Å². The van der Waals surface area contributed by atoms with E-state index < -0.39 is 7.12 Å². The van der Waals surface area contributed by atoms with Gasteiger partial charge in [0.1, 0.15) is 0 Å². The molecule has 6 heteroatoms. The molecule has 1 N–H and O–H groups in total. The third-order valence-electron chi connectivity index (χ3n) is 3.86. The van der Waals surface area contributed by atoms with Crippen LogP contribution in [0.4, 0.5) is 0 Å². The molecule has 4 nitrogen and oxygen atoms in total. The second kappa shape index (κ2) is 5.06. The smallest absolute Gasteiger partial charge is 0.398 e. The van der Waals surface area contributed by atoms with Crippen molar-refractivity contribution in [2.75, 3.05) is 7.05 Å². The Labute approximate surface area is 120 Å². The van der Waals surface area contributed by atoms with E-state index in [1.807, 2.05) is 34.7 Å². The molecule has 1 saturated heterocycles. The molecule has 0 bridgehead atoms. The van der Waals surface area contributed by atoms with Crippen molar-refractivity contribution < 1.29 is 9.31 Å². The van der Waals surface area contributed by atoms with Crippen molar-refractivity contribution in [3.8, 4) is 0 Å². The van der Waals surface area contributed by atoms with Crippen LogP contribution in [0.5, 0.6) is 0 Å². The lowest BCUT2D eigenvalue weighted by atomic mass is 9.81. The lowest BCUT2D eigenvalue weighted by Crippen LogP contribution is -2.41. The highest BCUT2D eigenvalue weighted by molar-refractivity contribution is 6.62. The molecule has 104 valence electrons. The van der Waals surface area contributed by atoms with Crippen LogP contribution in [0.25, 0.3) is 0 Å². The molecular formula is C13H20BClN2O2. The van der Waals surface area contributed by atoms with Crippen LogP contribution < -0.4 is 10.9 Å². The molecule has 1 aliphatic rings. The Morgan fingerprint density at radius 2 is 1.84 bits per heavy atom. The van der Waals surface area contributed by atoms with Crippen LogP contribution in [0.3, 0.4) is 0 Å². The highest BCUT2D eigenvalue weighted by atomic mass is 35.5. The number of halogens is 1. The number of pyridine rings is 1. The van der Waals surface area contributed by atoms with Crippen LogP contribution >= 0.6 is 11.6 Å². The first-order chi connectivity index (χ1) is 8.78. The monoisotopic (exact) mass is 282 g/mol. The van der Waals surface area contributed by atoms with Gasteiger partial charge in [-0.15, -0.1) is 0 Å². The molecule has 0 aliphatic carbocycles. The zero-order valence-corrected chi connectivity index (χ0v) is 12.8. The molecule has 0 spiro atoms. The second-order valence-electron chi connectivity index (χ2n) is 5.78. The summed E-state index contributed by atoms with van der Waals surface area (Å²) in [7, 11) is 1.39. The summed E-state index contributed by atoms with van der Waals surface area (Å²) in [6.07, 6.45) is 1.68. The van der Waals surface area contributed by atoms with Gasteiger partial charge in [0.15, 0.2) is 0 Å². The molecule has 1 aliphatic heterocycles. The fraction of sp³-hybridized carbons (Fsp3) is 0.615. The molecule has 1 aromatic rings. The largest absolute Gasteiger partial charge is 0.514 e. The average Bonchev–Trinajstić information content (AvgIpc) is 2.51. The number of nitrogens with zero attached hydrogens (tertiary/aromatic N) is 1. The van der Waals surface area contributed by atoms with Gasteiger partial charge >= 0.3 is 7.12 Å². The Bertz CT molecular complexity index is 464. The minimum Gasteiger partial charge on any atom is -0.398 e. The third kappa shape index (κ3) is 2.65. The third-order valence-corrected chi connectivity index (χ3v) is 4.22. The Morgan fingerprint density at radius 3 is 2.37 bits per heavy atom. The average molecular weight is 283 g/mol. The molecular weight excluding hydrogens is 262 g/mol. The van der Waals surface area contributed by atoms with Crippen molar-refractivity contribution in [3.63, 3.8) is 0 Å². The maximum absolute atomic E-state index is 6.24. The topological polar surface area (TPSA) is 43.4 Å². The first-order valence-corrected chi connectivity index (χ1v) is 6.80. The van der Waals surface area contributed by atoms with Gasteiger partial charge in [0.2, 0.25) is 0 Å². The van der Waals surface area contributed by atoms with Crippen LogP contribution in [0.1, 0.15) is 33.3 Å². The van der Waals surface area contributed by atoms with E-state index in [1.54, 1.807) is 12.3 Å². The van der Waals surface area contributed by atoms with E-state index in [-0.39, 0.29) is 11.2 Å². The summed E-state index contributed by atoms with van der Waals surface area (Å²) in [5.74, 6) is 0. The lowest BCUT2D eigenvalue weighted by Gasteiger charge is -2.32. The van der Waals surface area contributed by atoms with E-state index in [0.717, 1.165) is 11.2 Å². The van der Waals surface area contributed by atoms with Gasteiger partial charge in [-0.3, -0.25) is 4.98 Å². The SMILES string of the molecule is CNCc1c(Cl)ccnc1B1OC(C)(C)C(C)(C)O1. The summed E-state index contributed by atoms with van der Waals surface area (Å²) in [5, 5.41) is 3.77. The zero-order valence-electron chi connectivity index (χ0n) is 12.1. The molecule has 0 unspecified atom stereocenters. The first kappa shape index (κ1) is 14.8. The lowest BCUT2D eigenvalue weighted by molar-refractivity contribution is 0.00578. The van der Waals surface area contributed by atoms with Crippen molar-refractivity contribution in [1.82, 2.24) is 10.3 Å². The highest BCUT2D eigenvalue weighted by Gasteiger charge is 2.52. The maximum atomic E-state index is 6.24. The Morgan fingerprint density at radius 1 is 1.26 bits per heavy atom. The van der Waals surface area contributed by atoms with Crippen molar-refractivity contribution in [3.05, 3.63) is 22.8 Å². The summed E-state index contributed by atoms with van der Waals surface area (Å²) in [6.45, 7) is 8.72. The summed E-state index contributed by atoms with van der Waals surface area (Å²) < 4.78 is 12.0. The predicted octanol–water partition coefficient (Wildman–Crippen LogP) is 1.75. The van der Waals surface area contributed by atoms with E-state index in [0.29, 0.717) is 11.6 Å². The Balaban J connectivity index is 2.37. The van der Waals surface area contributed by atoms with Gasteiger partial charge in [0.25, 0.3) is 0 Å². The molecule has 1 fully saturated rings. The van der Waals surface area contributed by atoms with Crippen molar-refractivity contribution in [2.24, 2.45) is 0 Å². The Kier molecular flexibility index (Phi) is 3.93. The van der Waals surface area contributed by atoms with E-state index in [1.165, 1.54) is 0 Å². The summed E-state index contributed by atoms with van der Waals surface area (Å²) in [4.78, 5) is 4.40. The minimum atomic E-state index is -0.480. The van der Waals surface area contributed by atoms with Crippen LogP contribution in [-0.4, -0.2) is 30.4 Å². The number of hydrogen-bond donors (Lipinski definition) is 1. The van der Waals surface area contributed by atoms with Crippen molar-refractivity contribution in [2.45, 2.75) is 45.4 Å². The normalized spacial score (nSPS) is 20.8. The van der Waals surface area contributed by atoms with Gasteiger partial charge in [-0.2, -0.15) is 0 Å². The summed E-state index contributed by atoms with van der Waals surface area (Å²) >= 11 is 6.24. The van der Waals surface area contributed by atoms with Crippen LogP contribution in [0.15, 0.2) is 12.3 Å². The minimum absolute atomic E-state index is 0.376. The molecule has 19 heavy (non-hydrogen) atoms. The van der Waals surface area contributed by atoms with Crippen LogP contribution in [-0.2, 0) is 15.9 Å². The molecule has 2 heterocycles. The van der Waals surface area contributed by atoms with E-state index in [9.17, 15) is 0 Å². The van der Waals surface area contributed by atoms with Gasteiger partial charge in [0.05, 0.1) is 16.8 Å². The maximum Gasteiger partial charge on any atom is 0.514 e. The number of rotatable bonds is 3. The fourth-order valence-corrected chi connectivity index (χ4v) is 2.21. The first-order valence-electron chi connectivity index (χ1n) is 6.42. The van der Waals surface area contributed by atoms with Crippen molar-refractivity contribution >= 4 is 24.3 Å². The van der Waals surface area contributed by atoms with E-state index in [2.05, 4.69) is 10.3 Å². The molecule has 0 aromatic carbocycles. The van der Waals surface area contributed by atoms with E-state index in [4.69, 9.17) is 20.9 Å².